The first kappa shape index (κ1) is 21.8. The first-order valence-electron chi connectivity index (χ1n) is 11.6. The van der Waals surface area contributed by atoms with Crippen molar-refractivity contribution in [3.63, 3.8) is 0 Å². The van der Waals surface area contributed by atoms with Crippen molar-refractivity contribution in [1.29, 1.82) is 0 Å². The fraction of sp³-hybridized carbons (Fsp3) is 0.500. The smallest absolute Gasteiger partial charge is 0.251 e. The van der Waals surface area contributed by atoms with Gasteiger partial charge >= 0.3 is 0 Å². The molecular weight excluding hydrogens is 386 g/mol. The van der Waals surface area contributed by atoms with Gasteiger partial charge in [-0.2, -0.15) is 0 Å². The average molecular weight is 422 g/mol. The molecule has 2 atom stereocenters. The predicted molar refractivity (Wildman–Crippen MR) is 125 cm³/mol. The highest BCUT2D eigenvalue weighted by Gasteiger charge is 2.18. The Morgan fingerprint density at radius 2 is 1.90 bits per heavy atom. The van der Waals surface area contributed by atoms with E-state index >= 15 is 0 Å². The van der Waals surface area contributed by atoms with E-state index in [4.69, 9.17) is 4.74 Å². The second-order valence-corrected chi connectivity index (χ2v) is 9.07. The number of hydrogen-bond donors (Lipinski definition) is 1. The molecule has 166 valence electrons. The number of carbonyl (C=O) groups excluding carboxylic acids is 1. The Morgan fingerprint density at radius 3 is 2.65 bits per heavy atom. The monoisotopic (exact) mass is 421 g/mol. The van der Waals surface area contributed by atoms with E-state index in [1.807, 2.05) is 25.1 Å². The van der Waals surface area contributed by atoms with Crippen LogP contribution in [0.1, 0.15) is 54.2 Å². The minimum atomic E-state index is -0.0373. The van der Waals surface area contributed by atoms with Gasteiger partial charge in [-0.1, -0.05) is 31.2 Å². The summed E-state index contributed by atoms with van der Waals surface area (Å²) in [4.78, 5) is 17.7. The second kappa shape index (κ2) is 10.3. The maximum absolute atomic E-state index is 12.9. The number of morpholine rings is 1. The molecule has 0 saturated carbocycles. The number of piperidine rings is 1. The van der Waals surface area contributed by atoms with Crippen molar-refractivity contribution in [3.8, 4) is 0 Å². The van der Waals surface area contributed by atoms with Gasteiger partial charge in [0.1, 0.15) is 0 Å². The van der Waals surface area contributed by atoms with E-state index in [1.165, 1.54) is 24.1 Å². The molecule has 0 unspecified atom stereocenters. The lowest BCUT2D eigenvalue weighted by Crippen LogP contribution is -2.35. The number of carbonyl (C=O) groups is 1. The van der Waals surface area contributed by atoms with Crippen molar-refractivity contribution in [3.05, 3.63) is 65.2 Å². The zero-order valence-electron chi connectivity index (χ0n) is 18.8. The van der Waals surface area contributed by atoms with Crippen LogP contribution in [0.25, 0.3) is 0 Å². The van der Waals surface area contributed by atoms with E-state index < -0.39 is 0 Å². The minimum Gasteiger partial charge on any atom is -0.379 e. The highest BCUT2D eigenvalue weighted by atomic mass is 16.5. The molecule has 0 aliphatic carbocycles. The molecular formula is C26H35N3O2. The molecule has 2 aliphatic heterocycles. The number of nitrogens with one attached hydrogen (secondary N) is 1. The van der Waals surface area contributed by atoms with E-state index in [9.17, 15) is 4.79 Å². The first-order valence-corrected chi connectivity index (χ1v) is 11.6. The third-order valence-corrected chi connectivity index (χ3v) is 6.46. The maximum atomic E-state index is 12.9. The average Bonchev–Trinajstić information content (AvgIpc) is 2.80. The molecule has 0 radical (unpaired) electrons. The first-order chi connectivity index (χ1) is 15.1. The molecule has 0 bridgehead atoms. The summed E-state index contributed by atoms with van der Waals surface area (Å²) in [6.45, 7) is 11.0. The second-order valence-electron chi connectivity index (χ2n) is 9.07. The Hall–Kier alpha value is -2.37. The van der Waals surface area contributed by atoms with Gasteiger partial charge in [-0.3, -0.25) is 9.69 Å². The Kier molecular flexibility index (Phi) is 7.25. The molecule has 0 spiro atoms. The van der Waals surface area contributed by atoms with Crippen LogP contribution in [-0.2, 0) is 11.3 Å². The number of rotatable bonds is 6. The van der Waals surface area contributed by atoms with Crippen LogP contribution in [0.4, 0.5) is 5.69 Å². The Morgan fingerprint density at radius 1 is 1.13 bits per heavy atom. The van der Waals surface area contributed by atoms with Gasteiger partial charge in [-0.25, -0.2) is 0 Å². The third kappa shape index (κ3) is 5.86. The van der Waals surface area contributed by atoms with Gasteiger partial charge in [0.2, 0.25) is 0 Å². The molecule has 5 nitrogen and oxygen atoms in total. The Labute approximate surface area is 186 Å². The van der Waals surface area contributed by atoms with E-state index in [0.29, 0.717) is 0 Å². The summed E-state index contributed by atoms with van der Waals surface area (Å²) in [5, 5.41) is 3.16. The van der Waals surface area contributed by atoms with Gasteiger partial charge in [0.25, 0.3) is 5.91 Å². The summed E-state index contributed by atoms with van der Waals surface area (Å²) in [7, 11) is 0. The van der Waals surface area contributed by atoms with E-state index in [0.717, 1.165) is 63.0 Å². The number of nitrogens with zero attached hydrogens (tertiary/aromatic N) is 2. The standard InChI is InChI=1S/C26H35N3O2/c1-20-5-4-12-29(18-20)25-10-8-23(9-11-25)21(2)27-26(30)24-7-3-6-22(17-24)19-28-13-15-31-16-14-28/h3,6-11,17,20-21H,4-5,12-16,18-19H2,1-2H3,(H,27,30)/t20-,21-/m1/s1. The number of benzene rings is 2. The van der Waals surface area contributed by atoms with Crippen LogP contribution in [0.2, 0.25) is 0 Å². The lowest BCUT2D eigenvalue weighted by molar-refractivity contribution is 0.0342. The molecule has 1 amide bonds. The fourth-order valence-corrected chi connectivity index (χ4v) is 4.59. The molecule has 2 aliphatic rings. The molecule has 2 aromatic rings. The molecule has 1 N–H and O–H groups in total. The quantitative estimate of drug-likeness (QED) is 0.758. The summed E-state index contributed by atoms with van der Waals surface area (Å²) in [5.41, 5.74) is 4.30. The van der Waals surface area contributed by atoms with Gasteiger partial charge in [0.05, 0.1) is 19.3 Å². The van der Waals surface area contributed by atoms with Gasteiger partial charge in [0.15, 0.2) is 0 Å². The summed E-state index contributed by atoms with van der Waals surface area (Å²) in [5.74, 6) is 0.732. The minimum absolute atomic E-state index is 0.0229. The largest absolute Gasteiger partial charge is 0.379 e. The van der Waals surface area contributed by atoms with Crippen LogP contribution in [0.5, 0.6) is 0 Å². The van der Waals surface area contributed by atoms with Crippen LogP contribution in [0.3, 0.4) is 0 Å². The van der Waals surface area contributed by atoms with Crippen molar-refractivity contribution >= 4 is 11.6 Å². The predicted octanol–water partition coefficient (Wildman–Crippen LogP) is 4.25. The van der Waals surface area contributed by atoms with Crippen molar-refractivity contribution < 1.29 is 9.53 Å². The van der Waals surface area contributed by atoms with Crippen molar-refractivity contribution in [2.24, 2.45) is 5.92 Å². The summed E-state index contributed by atoms with van der Waals surface area (Å²) in [6.07, 6.45) is 2.59. The van der Waals surface area contributed by atoms with Gasteiger partial charge in [-0.05, 0) is 61.1 Å². The number of ether oxygens (including phenoxy) is 1. The molecule has 5 heteroatoms. The lowest BCUT2D eigenvalue weighted by atomic mass is 9.99. The zero-order chi connectivity index (χ0) is 21.6. The van der Waals surface area contributed by atoms with Crippen molar-refractivity contribution in [2.45, 2.75) is 39.3 Å². The lowest BCUT2D eigenvalue weighted by Gasteiger charge is -2.33. The number of anilines is 1. The molecule has 2 saturated heterocycles. The normalized spacial score (nSPS) is 21.0. The molecule has 4 rings (SSSR count). The summed E-state index contributed by atoms with van der Waals surface area (Å²) in [6, 6.07) is 16.6. The molecule has 0 aromatic heterocycles. The Balaban J connectivity index is 1.35. The topological polar surface area (TPSA) is 44.8 Å². The van der Waals surface area contributed by atoms with E-state index in [1.54, 1.807) is 0 Å². The van der Waals surface area contributed by atoms with Gasteiger partial charge in [0, 0.05) is 44.0 Å². The van der Waals surface area contributed by atoms with Crippen LogP contribution in [0.15, 0.2) is 48.5 Å². The number of amides is 1. The van der Waals surface area contributed by atoms with Crippen LogP contribution in [0, 0.1) is 5.92 Å². The summed E-state index contributed by atoms with van der Waals surface area (Å²) >= 11 is 0. The van der Waals surface area contributed by atoms with Gasteiger partial charge in [-0.15, -0.1) is 0 Å². The van der Waals surface area contributed by atoms with Gasteiger partial charge < -0.3 is 15.0 Å². The fourth-order valence-electron chi connectivity index (χ4n) is 4.59. The molecule has 31 heavy (non-hydrogen) atoms. The highest BCUT2D eigenvalue weighted by molar-refractivity contribution is 5.94. The van der Waals surface area contributed by atoms with Crippen molar-refractivity contribution in [1.82, 2.24) is 10.2 Å². The molecule has 2 fully saturated rings. The number of hydrogen-bond acceptors (Lipinski definition) is 4. The maximum Gasteiger partial charge on any atom is 0.251 e. The van der Waals surface area contributed by atoms with Crippen LogP contribution in [-0.4, -0.2) is 50.2 Å². The van der Waals surface area contributed by atoms with Crippen molar-refractivity contribution in [2.75, 3.05) is 44.3 Å². The Bertz CT molecular complexity index is 861. The third-order valence-electron chi connectivity index (χ3n) is 6.46. The SMILES string of the molecule is C[C@@H]1CCCN(c2ccc([C@@H](C)NC(=O)c3cccc(CN4CCOCC4)c3)cc2)C1. The van der Waals surface area contributed by atoms with Crippen LogP contribution >= 0.6 is 0 Å². The highest BCUT2D eigenvalue weighted by Crippen LogP contribution is 2.25. The van der Waals surface area contributed by atoms with E-state index in [-0.39, 0.29) is 11.9 Å². The molecule has 2 heterocycles. The zero-order valence-corrected chi connectivity index (χ0v) is 18.8. The molecule has 2 aromatic carbocycles. The van der Waals surface area contributed by atoms with E-state index in [2.05, 4.69) is 52.4 Å². The summed E-state index contributed by atoms with van der Waals surface area (Å²) < 4.78 is 5.42. The van der Waals surface area contributed by atoms with Crippen LogP contribution < -0.4 is 10.2 Å².